The Hall–Kier alpha value is -0.820. The summed E-state index contributed by atoms with van der Waals surface area (Å²) < 4.78 is 1.29. The number of likely N-dealkylation sites (tertiary alicyclic amines) is 1. The maximum absolute atomic E-state index is 2.46. The summed E-state index contributed by atoms with van der Waals surface area (Å²) in [4.78, 5) is 0. The highest BCUT2D eigenvalue weighted by Gasteiger charge is 2.26. The summed E-state index contributed by atoms with van der Waals surface area (Å²) in [6, 6.07) is 9.32. The lowest BCUT2D eigenvalue weighted by molar-refractivity contribution is -0.917. The van der Waals surface area contributed by atoms with Crippen molar-refractivity contribution in [1.82, 2.24) is 0 Å². The molecule has 1 unspecified atom stereocenters. The van der Waals surface area contributed by atoms with Gasteiger partial charge >= 0.3 is 0 Å². The monoisotopic (exact) mass is 288 g/mol. The Kier molecular flexibility index (Phi) is 5.14. The molecule has 0 bridgehead atoms. The van der Waals surface area contributed by atoms with E-state index in [9.17, 15) is 0 Å². The molecule has 0 aromatic heterocycles. The minimum absolute atomic E-state index is 0.261. The fourth-order valence-corrected chi connectivity index (χ4v) is 3.82. The van der Waals surface area contributed by atoms with Crippen LogP contribution in [0.25, 0.3) is 0 Å². The van der Waals surface area contributed by atoms with Crippen LogP contribution in [0.2, 0.25) is 0 Å². The highest BCUT2D eigenvalue weighted by atomic mass is 15.3. The predicted octanol–water partition coefficient (Wildman–Crippen LogP) is 4.79. The van der Waals surface area contributed by atoms with Crippen molar-refractivity contribution in [3.63, 3.8) is 0 Å². The molecule has 1 aliphatic rings. The van der Waals surface area contributed by atoms with Crippen LogP contribution >= 0.6 is 0 Å². The first-order chi connectivity index (χ1) is 9.78. The van der Waals surface area contributed by atoms with Crippen LogP contribution in [-0.4, -0.2) is 31.2 Å². The Bertz CT molecular complexity index is 432. The molecule has 1 nitrogen and oxygen atoms in total. The lowest BCUT2D eigenvalue weighted by Crippen LogP contribution is -2.50. The summed E-state index contributed by atoms with van der Waals surface area (Å²) in [6.45, 7) is 13.4. The molecule has 1 heterocycles. The molecule has 0 spiro atoms. The van der Waals surface area contributed by atoms with Crippen LogP contribution in [-0.2, 0) is 11.8 Å². The minimum Gasteiger partial charge on any atom is -0.326 e. The van der Waals surface area contributed by atoms with E-state index in [0.29, 0.717) is 0 Å². The Morgan fingerprint density at radius 1 is 1.00 bits per heavy atom. The zero-order valence-corrected chi connectivity index (χ0v) is 14.8. The van der Waals surface area contributed by atoms with Gasteiger partial charge in [-0.2, -0.15) is 0 Å². The number of quaternary nitrogens is 1. The lowest BCUT2D eigenvalue weighted by Gasteiger charge is -2.39. The molecule has 1 aromatic rings. The van der Waals surface area contributed by atoms with Crippen LogP contribution < -0.4 is 0 Å². The lowest BCUT2D eigenvalue weighted by atomic mass is 9.86. The summed E-state index contributed by atoms with van der Waals surface area (Å²) in [5, 5.41) is 0. The van der Waals surface area contributed by atoms with Crippen LogP contribution in [0.4, 0.5) is 0 Å². The highest BCUT2D eigenvalue weighted by Crippen LogP contribution is 2.24. The van der Waals surface area contributed by atoms with Gasteiger partial charge in [0.1, 0.15) is 0 Å². The van der Waals surface area contributed by atoms with Crippen molar-refractivity contribution in [2.75, 3.05) is 26.7 Å². The molecule has 2 rings (SSSR count). The Morgan fingerprint density at radius 3 is 2.10 bits per heavy atom. The third kappa shape index (κ3) is 4.85. The van der Waals surface area contributed by atoms with E-state index in [-0.39, 0.29) is 5.41 Å². The summed E-state index contributed by atoms with van der Waals surface area (Å²) in [5.41, 5.74) is 3.20. The average molecular weight is 288 g/mol. The van der Waals surface area contributed by atoms with E-state index in [1.165, 1.54) is 60.9 Å². The third-order valence-electron chi connectivity index (χ3n) is 5.05. The van der Waals surface area contributed by atoms with Gasteiger partial charge in [-0.15, -0.1) is 0 Å². The molecule has 1 fully saturated rings. The molecule has 1 saturated heterocycles. The number of hydrogen-bond donors (Lipinski definition) is 0. The Morgan fingerprint density at radius 2 is 1.57 bits per heavy atom. The van der Waals surface area contributed by atoms with Gasteiger partial charge in [0.2, 0.25) is 0 Å². The van der Waals surface area contributed by atoms with E-state index in [1.807, 2.05) is 0 Å². The van der Waals surface area contributed by atoms with E-state index in [0.717, 1.165) is 5.92 Å². The van der Waals surface area contributed by atoms with Crippen molar-refractivity contribution < 1.29 is 4.48 Å². The van der Waals surface area contributed by atoms with Crippen LogP contribution in [0.3, 0.4) is 0 Å². The Balaban J connectivity index is 1.91. The van der Waals surface area contributed by atoms with Crippen molar-refractivity contribution in [3.05, 3.63) is 35.4 Å². The van der Waals surface area contributed by atoms with Crippen LogP contribution in [0, 0.1) is 5.92 Å². The summed E-state index contributed by atoms with van der Waals surface area (Å²) in [5.74, 6) is 0.772. The molecule has 1 atom stereocenters. The molecule has 0 saturated carbocycles. The number of nitrogens with zero attached hydrogens (tertiary/aromatic N) is 1. The van der Waals surface area contributed by atoms with Gasteiger partial charge in [-0.25, -0.2) is 0 Å². The molecule has 118 valence electrons. The van der Waals surface area contributed by atoms with Gasteiger partial charge in [0.05, 0.1) is 26.7 Å². The fourth-order valence-electron chi connectivity index (χ4n) is 3.82. The fraction of sp³-hybridized carbons (Fsp3) is 0.700. The predicted molar refractivity (Wildman–Crippen MR) is 92.6 cm³/mol. The van der Waals surface area contributed by atoms with Crippen molar-refractivity contribution in [3.8, 4) is 0 Å². The zero-order valence-electron chi connectivity index (χ0n) is 14.8. The molecule has 1 heteroatoms. The molecule has 21 heavy (non-hydrogen) atoms. The molecule has 0 amide bonds. The molecule has 1 aliphatic heterocycles. The number of piperidine rings is 1. The van der Waals surface area contributed by atoms with Gasteiger partial charge in [-0.3, -0.25) is 0 Å². The number of hydrogen-bond acceptors (Lipinski definition) is 0. The first-order valence-corrected chi connectivity index (χ1v) is 8.71. The van der Waals surface area contributed by atoms with Crippen molar-refractivity contribution in [2.45, 2.75) is 58.8 Å². The molecule has 0 N–H and O–H groups in total. The molecular weight excluding hydrogens is 254 g/mol. The van der Waals surface area contributed by atoms with E-state index >= 15 is 0 Å². The maximum Gasteiger partial charge on any atom is 0.0813 e. The first kappa shape index (κ1) is 16.5. The van der Waals surface area contributed by atoms with Gasteiger partial charge in [-0.05, 0) is 42.2 Å². The second kappa shape index (κ2) is 6.52. The summed E-state index contributed by atoms with van der Waals surface area (Å²) in [6.07, 6.45) is 5.50. The number of rotatable bonds is 4. The van der Waals surface area contributed by atoms with Gasteiger partial charge in [0.15, 0.2) is 0 Å². The van der Waals surface area contributed by atoms with E-state index in [4.69, 9.17) is 0 Å². The summed E-state index contributed by atoms with van der Waals surface area (Å²) >= 11 is 0. The van der Waals surface area contributed by atoms with Gasteiger partial charge in [0.25, 0.3) is 0 Å². The second-order valence-electron chi connectivity index (χ2n) is 8.57. The van der Waals surface area contributed by atoms with E-state index < -0.39 is 0 Å². The van der Waals surface area contributed by atoms with E-state index in [2.05, 4.69) is 59.0 Å². The minimum atomic E-state index is 0.261. The zero-order chi connectivity index (χ0) is 15.5. The average Bonchev–Trinajstić information content (AvgIpc) is 2.38. The van der Waals surface area contributed by atoms with Crippen molar-refractivity contribution >= 4 is 0 Å². The topological polar surface area (TPSA) is 0 Å². The largest absolute Gasteiger partial charge is 0.326 e. The smallest absolute Gasteiger partial charge is 0.0813 e. The molecule has 0 aliphatic carbocycles. The molecular formula is C20H34N+. The van der Waals surface area contributed by atoms with Crippen LogP contribution in [0.15, 0.2) is 24.3 Å². The number of benzene rings is 1. The second-order valence-corrected chi connectivity index (χ2v) is 8.57. The quantitative estimate of drug-likeness (QED) is 0.699. The highest BCUT2D eigenvalue weighted by molar-refractivity contribution is 5.27. The van der Waals surface area contributed by atoms with Crippen LogP contribution in [0.5, 0.6) is 0 Å². The Labute approximate surface area is 132 Å². The third-order valence-corrected chi connectivity index (χ3v) is 5.05. The van der Waals surface area contributed by atoms with Crippen molar-refractivity contribution in [2.24, 2.45) is 5.92 Å². The van der Waals surface area contributed by atoms with Crippen molar-refractivity contribution in [1.29, 1.82) is 0 Å². The molecule has 1 aromatic carbocycles. The molecule has 0 radical (unpaired) electrons. The first-order valence-electron chi connectivity index (χ1n) is 8.71. The normalized spacial score (nSPS) is 20.2. The van der Waals surface area contributed by atoms with Crippen LogP contribution in [0.1, 0.15) is 58.1 Å². The SMILES string of the molecule is CC(Cc1ccc(C(C)(C)C)cc1)C[N+]1(C)CCCCC1. The van der Waals surface area contributed by atoms with Gasteiger partial charge in [-0.1, -0.05) is 52.0 Å². The van der Waals surface area contributed by atoms with E-state index in [1.54, 1.807) is 0 Å². The van der Waals surface area contributed by atoms with Gasteiger partial charge in [0, 0.05) is 5.92 Å². The van der Waals surface area contributed by atoms with Gasteiger partial charge < -0.3 is 4.48 Å². The maximum atomic E-state index is 2.46. The summed E-state index contributed by atoms with van der Waals surface area (Å²) in [7, 11) is 2.46. The standard InChI is InChI=1S/C20H34N/c1-17(16-21(5)13-7-6-8-14-21)15-18-9-11-19(12-10-18)20(2,3)4/h9-12,17H,6-8,13-16H2,1-5H3/q+1.